The van der Waals surface area contributed by atoms with Gasteiger partial charge in [0.25, 0.3) is 0 Å². The Labute approximate surface area is 150 Å². The Bertz CT molecular complexity index is 685. The third-order valence-corrected chi connectivity index (χ3v) is 5.61. The predicted octanol–water partition coefficient (Wildman–Crippen LogP) is 1.06. The van der Waals surface area contributed by atoms with Gasteiger partial charge in [-0.15, -0.1) is 0 Å². The molecule has 7 heteroatoms. The molecular formula is C18H27N3O3S. The molecule has 25 heavy (non-hydrogen) atoms. The number of nitrogens with zero attached hydrogens (tertiary/aromatic N) is 1. The van der Waals surface area contributed by atoms with Gasteiger partial charge in [-0.1, -0.05) is 30.3 Å². The van der Waals surface area contributed by atoms with Crippen LogP contribution in [0.1, 0.15) is 37.2 Å². The van der Waals surface area contributed by atoms with Crippen LogP contribution in [0.15, 0.2) is 30.3 Å². The Kier molecular flexibility index (Phi) is 5.76. The lowest BCUT2D eigenvalue weighted by atomic mass is 10.0. The number of benzene rings is 1. The van der Waals surface area contributed by atoms with Crippen molar-refractivity contribution in [2.75, 3.05) is 25.9 Å². The third kappa shape index (κ3) is 5.80. The van der Waals surface area contributed by atoms with E-state index in [4.69, 9.17) is 0 Å². The van der Waals surface area contributed by atoms with Crippen LogP contribution >= 0.6 is 0 Å². The minimum Gasteiger partial charge on any atom is -0.311 e. The van der Waals surface area contributed by atoms with E-state index in [2.05, 4.69) is 40.5 Å². The molecule has 1 aliphatic heterocycles. The molecule has 0 unspecified atom stereocenters. The summed E-state index contributed by atoms with van der Waals surface area (Å²) in [6.45, 7) is 2.52. The minimum absolute atomic E-state index is 0.226. The maximum Gasteiger partial charge on any atom is 0.234 e. The zero-order chi connectivity index (χ0) is 17.9. The first-order valence-electron chi connectivity index (χ1n) is 8.95. The van der Waals surface area contributed by atoms with Crippen LogP contribution in [0.5, 0.6) is 0 Å². The average molecular weight is 365 g/mol. The smallest absolute Gasteiger partial charge is 0.234 e. The van der Waals surface area contributed by atoms with E-state index in [9.17, 15) is 13.2 Å². The summed E-state index contributed by atoms with van der Waals surface area (Å²) in [5.41, 5.74) is 1.43. The van der Waals surface area contributed by atoms with Gasteiger partial charge in [-0.05, 0) is 37.9 Å². The number of rotatable bonds is 7. The SMILES string of the molecule is CS(=O)(=O)NC(=O)CCN1CCC(N[C@@H]2C[C@H]2c2ccccc2)CC1. The van der Waals surface area contributed by atoms with Crippen molar-refractivity contribution in [2.45, 2.75) is 43.7 Å². The molecule has 3 rings (SSSR count). The Balaban J connectivity index is 1.34. The van der Waals surface area contributed by atoms with Gasteiger partial charge < -0.3 is 10.2 Å². The Morgan fingerprint density at radius 1 is 1.20 bits per heavy atom. The molecule has 2 N–H and O–H groups in total. The van der Waals surface area contributed by atoms with Crippen LogP contribution in [0, 0.1) is 0 Å². The zero-order valence-corrected chi connectivity index (χ0v) is 15.5. The molecule has 138 valence electrons. The molecule has 1 aromatic carbocycles. The third-order valence-electron chi connectivity index (χ3n) is 5.01. The summed E-state index contributed by atoms with van der Waals surface area (Å²) in [4.78, 5) is 13.8. The number of amides is 1. The number of hydrogen-bond acceptors (Lipinski definition) is 5. The molecule has 1 amide bonds. The molecule has 1 aliphatic carbocycles. The van der Waals surface area contributed by atoms with Crippen LogP contribution in [-0.4, -0.2) is 57.2 Å². The van der Waals surface area contributed by atoms with Crippen molar-refractivity contribution in [1.29, 1.82) is 0 Å². The van der Waals surface area contributed by atoms with E-state index in [1.807, 2.05) is 4.72 Å². The monoisotopic (exact) mass is 365 g/mol. The Hall–Kier alpha value is -1.44. The first-order chi connectivity index (χ1) is 11.9. The van der Waals surface area contributed by atoms with Gasteiger partial charge in [-0.25, -0.2) is 8.42 Å². The molecule has 0 radical (unpaired) electrons. The molecule has 6 nitrogen and oxygen atoms in total. The summed E-state index contributed by atoms with van der Waals surface area (Å²) in [6, 6.07) is 11.8. The van der Waals surface area contributed by atoms with Crippen LogP contribution in [0.2, 0.25) is 0 Å². The first-order valence-corrected chi connectivity index (χ1v) is 10.8. The summed E-state index contributed by atoms with van der Waals surface area (Å²) in [5, 5.41) is 3.77. The number of sulfonamides is 1. The van der Waals surface area contributed by atoms with E-state index in [1.165, 1.54) is 12.0 Å². The van der Waals surface area contributed by atoms with Crippen molar-refractivity contribution in [3.63, 3.8) is 0 Å². The normalized spacial score (nSPS) is 24.8. The highest BCUT2D eigenvalue weighted by Crippen LogP contribution is 2.41. The van der Waals surface area contributed by atoms with Crippen molar-refractivity contribution in [2.24, 2.45) is 0 Å². The fraction of sp³-hybridized carbons (Fsp3) is 0.611. The summed E-state index contributed by atoms with van der Waals surface area (Å²) in [5.74, 6) is 0.227. The molecule has 1 saturated carbocycles. The average Bonchev–Trinajstić information content (AvgIpc) is 3.33. The van der Waals surface area contributed by atoms with E-state index >= 15 is 0 Å². The van der Waals surface area contributed by atoms with Crippen LogP contribution in [0.3, 0.4) is 0 Å². The molecule has 1 aromatic rings. The molecule has 1 heterocycles. The number of hydrogen-bond donors (Lipinski definition) is 2. The molecule has 2 fully saturated rings. The molecule has 2 atom stereocenters. The molecule has 1 saturated heterocycles. The van der Waals surface area contributed by atoms with E-state index in [0.717, 1.165) is 32.2 Å². The van der Waals surface area contributed by atoms with Crippen LogP contribution in [-0.2, 0) is 14.8 Å². The predicted molar refractivity (Wildman–Crippen MR) is 97.8 cm³/mol. The molecule has 0 bridgehead atoms. The molecule has 0 spiro atoms. The second-order valence-corrected chi connectivity index (χ2v) is 8.94. The van der Waals surface area contributed by atoms with Crippen molar-refractivity contribution >= 4 is 15.9 Å². The lowest BCUT2D eigenvalue weighted by molar-refractivity contribution is -0.119. The van der Waals surface area contributed by atoms with Gasteiger partial charge in [-0.3, -0.25) is 9.52 Å². The second-order valence-electron chi connectivity index (χ2n) is 7.19. The van der Waals surface area contributed by atoms with E-state index in [-0.39, 0.29) is 6.42 Å². The maximum absolute atomic E-state index is 11.6. The van der Waals surface area contributed by atoms with E-state index in [0.29, 0.717) is 24.5 Å². The fourth-order valence-corrected chi connectivity index (χ4v) is 4.11. The topological polar surface area (TPSA) is 78.5 Å². The van der Waals surface area contributed by atoms with Crippen LogP contribution in [0.4, 0.5) is 0 Å². The lowest BCUT2D eigenvalue weighted by Gasteiger charge is -2.32. The van der Waals surface area contributed by atoms with Gasteiger partial charge in [0.05, 0.1) is 6.26 Å². The molecular weight excluding hydrogens is 338 g/mol. The summed E-state index contributed by atoms with van der Waals surface area (Å²) in [6.07, 6.45) is 4.60. The quantitative estimate of drug-likeness (QED) is 0.755. The van der Waals surface area contributed by atoms with Crippen molar-refractivity contribution in [1.82, 2.24) is 14.9 Å². The Morgan fingerprint density at radius 2 is 1.88 bits per heavy atom. The van der Waals surface area contributed by atoms with Gasteiger partial charge in [0.2, 0.25) is 15.9 Å². The van der Waals surface area contributed by atoms with E-state index < -0.39 is 15.9 Å². The summed E-state index contributed by atoms with van der Waals surface area (Å²) < 4.78 is 24.1. The Morgan fingerprint density at radius 3 is 2.52 bits per heavy atom. The number of piperidine rings is 1. The maximum atomic E-state index is 11.6. The number of carbonyl (C=O) groups is 1. The second kappa shape index (κ2) is 7.85. The summed E-state index contributed by atoms with van der Waals surface area (Å²) >= 11 is 0. The highest BCUT2D eigenvalue weighted by atomic mass is 32.2. The first kappa shape index (κ1) is 18.4. The van der Waals surface area contributed by atoms with Gasteiger partial charge >= 0.3 is 0 Å². The van der Waals surface area contributed by atoms with Crippen molar-refractivity contribution in [3.8, 4) is 0 Å². The van der Waals surface area contributed by atoms with Crippen molar-refractivity contribution in [3.05, 3.63) is 35.9 Å². The number of carbonyl (C=O) groups excluding carboxylic acids is 1. The molecule has 2 aliphatic rings. The zero-order valence-electron chi connectivity index (χ0n) is 14.6. The van der Waals surface area contributed by atoms with Crippen LogP contribution < -0.4 is 10.0 Å². The highest BCUT2D eigenvalue weighted by Gasteiger charge is 2.39. The highest BCUT2D eigenvalue weighted by molar-refractivity contribution is 7.89. The number of likely N-dealkylation sites (tertiary alicyclic amines) is 1. The van der Waals surface area contributed by atoms with E-state index in [1.54, 1.807) is 0 Å². The van der Waals surface area contributed by atoms with Crippen LogP contribution in [0.25, 0.3) is 0 Å². The van der Waals surface area contributed by atoms with Gasteiger partial charge in [0.1, 0.15) is 0 Å². The molecule has 0 aromatic heterocycles. The minimum atomic E-state index is -3.45. The fourth-order valence-electron chi connectivity index (χ4n) is 3.59. The van der Waals surface area contributed by atoms with Crippen molar-refractivity contribution < 1.29 is 13.2 Å². The van der Waals surface area contributed by atoms with Gasteiger partial charge in [0, 0.05) is 31.0 Å². The lowest BCUT2D eigenvalue weighted by Crippen LogP contribution is -2.44. The van der Waals surface area contributed by atoms with Gasteiger partial charge in [0.15, 0.2) is 0 Å². The summed E-state index contributed by atoms with van der Waals surface area (Å²) in [7, 11) is -3.45. The largest absolute Gasteiger partial charge is 0.311 e. The number of nitrogens with one attached hydrogen (secondary N) is 2. The van der Waals surface area contributed by atoms with Gasteiger partial charge in [-0.2, -0.15) is 0 Å². The standard InChI is InChI=1S/C18H27N3O3S/c1-25(23,24)20-18(22)9-12-21-10-7-15(8-11-21)19-17-13-16(17)14-5-3-2-4-6-14/h2-6,15-17,19H,7-13H2,1H3,(H,20,22)/t16-,17+/m0/s1.